The number of Topliss-reactive ketones (excluding diaryl/α,β-unsaturated/α-hetero) is 1. The smallest absolute Gasteiger partial charge is 0.272 e. The van der Waals surface area contributed by atoms with Gasteiger partial charge in [0, 0.05) is 37.9 Å². The average Bonchev–Trinajstić information content (AvgIpc) is 2.61. The molecule has 25 heavy (non-hydrogen) atoms. The lowest BCUT2D eigenvalue weighted by Crippen LogP contribution is -2.49. The zero-order valence-electron chi connectivity index (χ0n) is 14.2. The van der Waals surface area contributed by atoms with Crippen molar-refractivity contribution in [1.82, 2.24) is 14.9 Å². The Labute approximate surface area is 145 Å². The maximum atomic E-state index is 14.3. The van der Waals surface area contributed by atoms with Crippen LogP contribution in [0.15, 0.2) is 30.5 Å². The SMILES string of the molecule is CC(=O)c1ccc(N2CCN(C(=O)c3ccnc(C)n3)CC2)c(F)c1. The number of aromatic nitrogens is 2. The first-order chi connectivity index (χ1) is 12.0. The number of piperazine rings is 1. The predicted octanol–water partition coefficient (Wildman–Crippen LogP) is 2.09. The standard InChI is InChI=1S/C18H19FN4O2/c1-12(24)14-3-4-17(15(19)11-14)22-7-9-23(10-8-22)18(25)16-5-6-20-13(2)21-16/h3-6,11H,7-10H2,1-2H3. The van der Waals surface area contributed by atoms with E-state index in [1.165, 1.54) is 13.0 Å². The molecule has 0 N–H and O–H groups in total. The lowest BCUT2D eigenvalue weighted by Gasteiger charge is -2.36. The van der Waals surface area contributed by atoms with Gasteiger partial charge in [-0.05, 0) is 38.1 Å². The van der Waals surface area contributed by atoms with E-state index in [9.17, 15) is 14.0 Å². The highest BCUT2D eigenvalue weighted by atomic mass is 19.1. The molecule has 0 unspecified atom stereocenters. The van der Waals surface area contributed by atoms with Crippen LogP contribution in [0.5, 0.6) is 0 Å². The number of ketones is 1. The number of nitrogens with zero attached hydrogens (tertiary/aromatic N) is 4. The van der Waals surface area contributed by atoms with Crippen LogP contribution in [-0.4, -0.2) is 52.7 Å². The van der Waals surface area contributed by atoms with E-state index >= 15 is 0 Å². The van der Waals surface area contributed by atoms with Gasteiger partial charge in [0.15, 0.2) is 5.78 Å². The average molecular weight is 342 g/mol. The van der Waals surface area contributed by atoms with Gasteiger partial charge in [-0.3, -0.25) is 9.59 Å². The van der Waals surface area contributed by atoms with Crippen molar-refractivity contribution in [3.63, 3.8) is 0 Å². The fourth-order valence-corrected chi connectivity index (χ4v) is 2.87. The molecule has 1 aliphatic heterocycles. The molecular formula is C18H19FN4O2. The Balaban J connectivity index is 1.68. The van der Waals surface area contributed by atoms with Crippen LogP contribution in [0.1, 0.15) is 33.6 Å². The minimum Gasteiger partial charge on any atom is -0.366 e. The number of amides is 1. The number of carbonyl (C=O) groups excluding carboxylic acids is 2. The molecule has 7 heteroatoms. The van der Waals surface area contributed by atoms with Gasteiger partial charge >= 0.3 is 0 Å². The van der Waals surface area contributed by atoms with Gasteiger partial charge in [-0.15, -0.1) is 0 Å². The first kappa shape index (κ1) is 17.0. The Hall–Kier alpha value is -2.83. The fourth-order valence-electron chi connectivity index (χ4n) is 2.87. The molecule has 0 aliphatic carbocycles. The first-order valence-electron chi connectivity index (χ1n) is 8.10. The highest BCUT2D eigenvalue weighted by molar-refractivity contribution is 5.94. The van der Waals surface area contributed by atoms with Crippen LogP contribution in [0.4, 0.5) is 10.1 Å². The summed E-state index contributed by atoms with van der Waals surface area (Å²) in [4.78, 5) is 35.6. The van der Waals surface area contributed by atoms with Crippen LogP contribution < -0.4 is 4.90 Å². The second kappa shape index (κ2) is 6.96. The number of rotatable bonds is 3. The Kier molecular flexibility index (Phi) is 4.74. The van der Waals surface area contributed by atoms with Gasteiger partial charge in [0.25, 0.3) is 5.91 Å². The van der Waals surface area contributed by atoms with Gasteiger partial charge in [0.05, 0.1) is 5.69 Å². The number of hydrogen-bond acceptors (Lipinski definition) is 5. The quantitative estimate of drug-likeness (QED) is 0.799. The number of halogens is 1. The maximum absolute atomic E-state index is 14.3. The maximum Gasteiger partial charge on any atom is 0.272 e. The van der Waals surface area contributed by atoms with Crippen LogP contribution in [-0.2, 0) is 0 Å². The van der Waals surface area contributed by atoms with E-state index in [0.29, 0.717) is 48.9 Å². The van der Waals surface area contributed by atoms with E-state index in [1.807, 2.05) is 4.90 Å². The van der Waals surface area contributed by atoms with Crippen LogP contribution >= 0.6 is 0 Å². The van der Waals surface area contributed by atoms with Crippen LogP contribution in [0, 0.1) is 12.7 Å². The van der Waals surface area contributed by atoms with Crippen LogP contribution in [0.3, 0.4) is 0 Å². The Morgan fingerprint density at radius 1 is 1.12 bits per heavy atom. The lowest BCUT2D eigenvalue weighted by atomic mass is 10.1. The van der Waals surface area contributed by atoms with Gasteiger partial charge in [-0.2, -0.15) is 0 Å². The van der Waals surface area contributed by atoms with Gasteiger partial charge in [-0.25, -0.2) is 14.4 Å². The summed E-state index contributed by atoms with van der Waals surface area (Å²) in [5.74, 6) is -0.172. The third-order valence-corrected chi connectivity index (χ3v) is 4.26. The highest BCUT2D eigenvalue weighted by Crippen LogP contribution is 2.22. The number of benzene rings is 1. The summed E-state index contributed by atoms with van der Waals surface area (Å²) >= 11 is 0. The monoisotopic (exact) mass is 342 g/mol. The Morgan fingerprint density at radius 2 is 1.84 bits per heavy atom. The molecule has 0 bridgehead atoms. The molecule has 0 atom stereocenters. The molecule has 0 saturated carbocycles. The predicted molar refractivity (Wildman–Crippen MR) is 91.3 cm³/mol. The summed E-state index contributed by atoms with van der Waals surface area (Å²) < 4.78 is 14.3. The second-order valence-corrected chi connectivity index (χ2v) is 5.99. The van der Waals surface area contributed by atoms with Crippen molar-refractivity contribution >= 4 is 17.4 Å². The normalized spacial score (nSPS) is 14.5. The van der Waals surface area contributed by atoms with E-state index < -0.39 is 5.82 Å². The van der Waals surface area contributed by atoms with Crippen molar-refractivity contribution in [2.24, 2.45) is 0 Å². The van der Waals surface area contributed by atoms with E-state index in [-0.39, 0.29) is 11.7 Å². The summed E-state index contributed by atoms with van der Waals surface area (Å²) in [7, 11) is 0. The lowest BCUT2D eigenvalue weighted by molar-refractivity contribution is 0.0740. The molecule has 1 amide bonds. The summed E-state index contributed by atoms with van der Waals surface area (Å²) in [6, 6.07) is 6.11. The van der Waals surface area contributed by atoms with Crippen molar-refractivity contribution in [1.29, 1.82) is 0 Å². The minimum atomic E-state index is -0.418. The third-order valence-electron chi connectivity index (χ3n) is 4.26. The molecule has 6 nitrogen and oxygen atoms in total. The highest BCUT2D eigenvalue weighted by Gasteiger charge is 2.24. The number of aryl methyl sites for hydroxylation is 1. The molecule has 1 aliphatic rings. The second-order valence-electron chi connectivity index (χ2n) is 5.99. The van der Waals surface area contributed by atoms with Crippen molar-refractivity contribution < 1.29 is 14.0 Å². The Bertz CT molecular complexity index is 816. The van der Waals surface area contributed by atoms with Gasteiger partial charge < -0.3 is 9.80 Å². The van der Waals surface area contributed by atoms with Crippen LogP contribution in [0.25, 0.3) is 0 Å². The summed E-state index contributed by atoms with van der Waals surface area (Å²) in [6.45, 7) is 5.15. The topological polar surface area (TPSA) is 66.4 Å². The molecule has 2 heterocycles. The van der Waals surface area contributed by atoms with Crippen molar-refractivity contribution in [3.05, 3.63) is 53.4 Å². The zero-order chi connectivity index (χ0) is 18.0. The minimum absolute atomic E-state index is 0.141. The largest absolute Gasteiger partial charge is 0.366 e. The molecule has 0 spiro atoms. The molecule has 130 valence electrons. The van der Waals surface area contributed by atoms with Gasteiger partial charge in [-0.1, -0.05) is 0 Å². The van der Waals surface area contributed by atoms with Gasteiger partial charge in [0.1, 0.15) is 17.3 Å². The van der Waals surface area contributed by atoms with Crippen LogP contribution in [0.2, 0.25) is 0 Å². The van der Waals surface area contributed by atoms with E-state index in [1.54, 1.807) is 36.2 Å². The molecule has 0 radical (unpaired) electrons. The number of hydrogen-bond donors (Lipinski definition) is 0. The first-order valence-corrected chi connectivity index (χ1v) is 8.10. The third kappa shape index (κ3) is 3.65. The van der Waals surface area contributed by atoms with Crippen molar-refractivity contribution in [2.45, 2.75) is 13.8 Å². The number of carbonyl (C=O) groups is 2. The van der Waals surface area contributed by atoms with E-state index in [4.69, 9.17) is 0 Å². The molecular weight excluding hydrogens is 323 g/mol. The summed E-state index contributed by atoms with van der Waals surface area (Å²) in [5, 5.41) is 0. The summed E-state index contributed by atoms with van der Waals surface area (Å²) in [5.41, 5.74) is 1.18. The summed E-state index contributed by atoms with van der Waals surface area (Å²) in [6.07, 6.45) is 1.57. The van der Waals surface area contributed by atoms with Crippen molar-refractivity contribution in [2.75, 3.05) is 31.1 Å². The molecule has 1 fully saturated rings. The fraction of sp³-hybridized carbons (Fsp3) is 0.333. The van der Waals surface area contributed by atoms with E-state index in [2.05, 4.69) is 9.97 Å². The molecule has 1 saturated heterocycles. The Morgan fingerprint density at radius 3 is 2.44 bits per heavy atom. The van der Waals surface area contributed by atoms with Gasteiger partial charge in [0.2, 0.25) is 0 Å². The van der Waals surface area contributed by atoms with Crippen molar-refractivity contribution in [3.8, 4) is 0 Å². The molecule has 1 aromatic carbocycles. The zero-order valence-corrected chi connectivity index (χ0v) is 14.2. The molecule has 3 rings (SSSR count). The van der Waals surface area contributed by atoms with E-state index in [0.717, 1.165) is 0 Å². The molecule has 1 aromatic heterocycles. The molecule has 2 aromatic rings. The number of anilines is 1.